The van der Waals surface area contributed by atoms with Crippen LogP contribution in [0.5, 0.6) is 0 Å². The molecule has 0 saturated heterocycles. The van der Waals surface area contributed by atoms with E-state index in [0.717, 1.165) is 47.0 Å². The van der Waals surface area contributed by atoms with Crippen LogP contribution in [0.4, 0.5) is 5.00 Å². The van der Waals surface area contributed by atoms with Gasteiger partial charge in [-0.05, 0) is 48.3 Å². The molecule has 1 N–H and O–H groups in total. The maximum absolute atomic E-state index is 13.6. The van der Waals surface area contributed by atoms with Crippen LogP contribution >= 0.6 is 11.3 Å². The number of benzene rings is 2. The van der Waals surface area contributed by atoms with E-state index >= 15 is 0 Å². The zero-order chi connectivity index (χ0) is 23.9. The number of hydrogen-bond acceptors (Lipinski definition) is 4. The topological polar surface area (TPSA) is 65.8 Å². The molecule has 170 valence electrons. The Morgan fingerprint density at radius 3 is 2.59 bits per heavy atom. The van der Waals surface area contributed by atoms with E-state index in [1.165, 1.54) is 4.88 Å². The smallest absolute Gasteiger partial charge is 0.257 e. The van der Waals surface area contributed by atoms with Crippen LogP contribution in [0.25, 0.3) is 22.2 Å². The molecule has 0 unspecified atom stereocenters. The van der Waals surface area contributed by atoms with Gasteiger partial charge in [0.1, 0.15) is 11.1 Å². The first-order valence-electron chi connectivity index (χ1n) is 11.7. The lowest BCUT2D eigenvalue weighted by Gasteiger charge is -2.33. The number of para-hydroxylation sites is 1. The number of rotatable bonds is 3. The summed E-state index contributed by atoms with van der Waals surface area (Å²) in [5.41, 5.74) is 5.01. The molecule has 0 spiro atoms. The van der Waals surface area contributed by atoms with Gasteiger partial charge in [0.2, 0.25) is 0 Å². The Labute approximate surface area is 204 Å². The Bertz CT molecular complexity index is 1420. The molecule has 5 rings (SSSR count). The number of anilines is 1. The summed E-state index contributed by atoms with van der Waals surface area (Å²) in [5.74, 6) is 0.365. The maximum Gasteiger partial charge on any atom is 0.257 e. The Kier molecular flexibility index (Phi) is 5.71. The minimum atomic E-state index is -0.210. The van der Waals surface area contributed by atoms with E-state index < -0.39 is 0 Å². The van der Waals surface area contributed by atoms with Gasteiger partial charge in [0.05, 0.1) is 22.3 Å². The van der Waals surface area contributed by atoms with Gasteiger partial charge in [-0.1, -0.05) is 69.3 Å². The van der Waals surface area contributed by atoms with Crippen LogP contribution in [0.1, 0.15) is 53.6 Å². The van der Waals surface area contributed by atoms with Crippen LogP contribution in [-0.4, -0.2) is 10.9 Å². The fourth-order valence-electron chi connectivity index (χ4n) is 4.82. The normalized spacial score (nSPS) is 15.5. The predicted molar refractivity (Wildman–Crippen MR) is 139 cm³/mol. The first kappa shape index (κ1) is 22.3. The van der Waals surface area contributed by atoms with Crippen molar-refractivity contribution in [2.75, 3.05) is 5.32 Å². The third-order valence-electron chi connectivity index (χ3n) is 6.86. The van der Waals surface area contributed by atoms with Gasteiger partial charge in [0.25, 0.3) is 5.91 Å². The van der Waals surface area contributed by atoms with Crippen molar-refractivity contribution in [3.63, 3.8) is 0 Å². The molecule has 34 heavy (non-hydrogen) atoms. The number of hydrogen-bond donors (Lipinski definition) is 1. The van der Waals surface area contributed by atoms with Crippen LogP contribution in [0.15, 0.2) is 60.7 Å². The van der Waals surface area contributed by atoms with Crippen molar-refractivity contribution >= 4 is 33.1 Å². The molecule has 0 aliphatic heterocycles. The van der Waals surface area contributed by atoms with Crippen molar-refractivity contribution in [2.24, 2.45) is 11.3 Å². The maximum atomic E-state index is 13.6. The van der Waals surface area contributed by atoms with Gasteiger partial charge in [0.15, 0.2) is 0 Å². The SMILES string of the molecule is CC(C)(C)[C@@H]1CCc2c(sc(NC(=O)c3cc(-c4ccccc4)nc4ccccc34)c2C#N)C1. The number of carbonyl (C=O) groups excluding carboxylic acids is 1. The minimum Gasteiger partial charge on any atom is -0.312 e. The van der Waals surface area contributed by atoms with Crippen molar-refractivity contribution in [2.45, 2.75) is 40.0 Å². The highest BCUT2D eigenvalue weighted by atomic mass is 32.1. The number of fused-ring (bicyclic) bond motifs is 2. The van der Waals surface area contributed by atoms with Crippen molar-refractivity contribution in [1.82, 2.24) is 4.98 Å². The molecule has 0 saturated carbocycles. The third-order valence-corrected chi connectivity index (χ3v) is 8.03. The largest absolute Gasteiger partial charge is 0.312 e. The molecule has 1 aliphatic carbocycles. The molecule has 4 aromatic rings. The quantitative estimate of drug-likeness (QED) is 0.347. The van der Waals surface area contributed by atoms with E-state index in [0.29, 0.717) is 22.0 Å². The van der Waals surface area contributed by atoms with Gasteiger partial charge >= 0.3 is 0 Å². The van der Waals surface area contributed by atoms with E-state index in [2.05, 4.69) is 32.2 Å². The number of nitriles is 1. The van der Waals surface area contributed by atoms with E-state index in [-0.39, 0.29) is 11.3 Å². The summed E-state index contributed by atoms with van der Waals surface area (Å²) >= 11 is 1.57. The molecule has 0 fully saturated rings. The number of carbonyl (C=O) groups is 1. The molecule has 5 heteroatoms. The van der Waals surface area contributed by atoms with Gasteiger partial charge < -0.3 is 5.32 Å². The van der Waals surface area contributed by atoms with Crippen LogP contribution < -0.4 is 5.32 Å². The first-order valence-corrected chi connectivity index (χ1v) is 12.5. The number of nitrogens with one attached hydrogen (secondary N) is 1. The van der Waals surface area contributed by atoms with Gasteiger partial charge in [-0.15, -0.1) is 11.3 Å². The standard InChI is InChI=1S/C29H27N3OS/c1-29(2,3)19-13-14-21-23(17-30)28(34-26(21)15-19)32-27(33)22-16-25(18-9-5-4-6-10-18)31-24-12-8-7-11-20(22)24/h4-12,16,19H,13-15H2,1-3H3,(H,32,33)/t19-/m1/s1. The summed E-state index contributed by atoms with van der Waals surface area (Å²) in [6, 6.07) is 21.8. The summed E-state index contributed by atoms with van der Waals surface area (Å²) in [6.45, 7) is 6.84. The summed E-state index contributed by atoms with van der Waals surface area (Å²) in [7, 11) is 0. The summed E-state index contributed by atoms with van der Waals surface area (Å²) < 4.78 is 0. The minimum absolute atomic E-state index is 0.210. The van der Waals surface area contributed by atoms with Gasteiger partial charge in [-0.2, -0.15) is 5.26 Å². The first-order chi connectivity index (χ1) is 16.3. The summed E-state index contributed by atoms with van der Waals surface area (Å²) in [5, 5.41) is 14.5. The van der Waals surface area contributed by atoms with Crippen LogP contribution in [0.3, 0.4) is 0 Å². The zero-order valence-corrected chi connectivity index (χ0v) is 20.5. The monoisotopic (exact) mass is 465 g/mol. The molecular weight excluding hydrogens is 438 g/mol. The zero-order valence-electron chi connectivity index (χ0n) is 19.7. The number of pyridine rings is 1. The number of nitrogens with zero attached hydrogens (tertiary/aromatic N) is 2. The molecule has 4 nitrogen and oxygen atoms in total. The lowest BCUT2D eigenvalue weighted by molar-refractivity contribution is 0.102. The molecule has 2 aromatic carbocycles. The molecule has 1 amide bonds. The molecule has 1 aliphatic rings. The highest BCUT2D eigenvalue weighted by Gasteiger charge is 2.32. The Hall–Kier alpha value is -3.49. The Morgan fingerprint density at radius 2 is 1.85 bits per heavy atom. The molecule has 0 bridgehead atoms. The van der Waals surface area contributed by atoms with Gasteiger partial charge in [0, 0.05) is 15.8 Å². The van der Waals surface area contributed by atoms with Gasteiger partial charge in [-0.3, -0.25) is 4.79 Å². The lowest BCUT2D eigenvalue weighted by atomic mass is 9.72. The van der Waals surface area contributed by atoms with Crippen LogP contribution in [-0.2, 0) is 12.8 Å². The highest BCUT2D eigenvalue weighted by Crippen LogP contribution is 2.44. The van der Waals surface area contributed by atoms with Crippen LogP contribution in [0.2, 0.25) is 0 Å². The van der Waals surface area contributed by atoms with Gasteiger partial charge in [-0.25, -0.2) is 4.98 Å². The fourth-order valence-corrected chi connectivity index (χ4v) is 6.09. The second-order valence-corrected chi connectivity index (χ2v) is 11.1. The predicted octanol–water partition coefficient (Wildman–Crippen LogP) is 7.24. The molecule has 2 heterocycles. The second kappa shape index (κ2) is 8.70. The van der Waals surface area contributed by atoms with E-state index in [4.69, 9.17) is 4.98 Å². The number of amides is 1. The van der Waals surface area contributed by atoms with E-state index in [9.17, 15) is 10.1 Å². The third kappa shape index (κ3) is 4.10. The average Bonchev–Trinajstić information content (AvgIpc) is 3.19. The number of thiophene rings is 1. The highest BCUT2D eigenvalue weighted by molar-refractivity contribution is 7.16. The van der Waals surface area contributed by atoms with Crippen molar-refractivity contribution in [1.29, 1.82) is 5.26 Å². The Balaban J connectivity index is 1.53. The molecular formula is C29H27N3OS. The average molecular weight is 466 g/mol. The number of aromatic nitrogens is 1. The van der Waals surface area contributed by atoms with E-state index in [1.807, 2.05) is 60.7 Å². The molecule has 1 atom stereocenters. The van der Waals surface area contributed by atoms with Crippen LogP contribution in [0, 0.1) is 22.7 Å². The molecule has 2 aromatic heterocycles. The summed E-state index contributed by atoms with van der Waals surface area (Å²) in [6.07, 6.45) is 2.93. The fraction of sp³-hybridized carbons (Fsp3) is 0.276. The Morgan fingerprint density at radius 1 is 1.12 bits per heavy atom. The van der Waals surface area contributed by atoms with Crippen molar-refractivity contribution in [3.8, 4) is 17.3 Å². The van der Waals surface area contributed by atoms with Crippen molar-refractivity contribution < 1.29 is 4.79 Å². The van der Waals surface area contributed by atoms with Crippen molar-refractivity contribution in [3.05, 3.63) is 82.2 Å². The second-order valence-electron chi connectivity index (χ2n) is 10.0. The summed E-state index contributed by atoms with van der Waals surface area (Å²) in [4.78, 5) is 19.6. The lowest BCUT2D eigenvalue weighted by Crippen LogP contribution is -2.26. The van der Waals surface area contributed by atoms with E-state index in [1.54, 1.807) is 11.3 Å². The molecule has 0 radical (unpaired) electrons.